The molecule has 8 heteroatoms. The van der Waals surface area contributed by atoms with Crippen molar-refractivity contribution in [3.05, 3.63) is 46.8 Å². The lowest BCUT2D eigenvalue weighted by Crippen LogP contribution is -2.30. The summed E-state index contributed by atoms with van der Waals surface area (Å²) in [4.78, 5) is 11.5. The molecule has 1 heterocycles. The van der Waals surface area contributed by atoms with Crippen molar-refractivity contribution < 1.29 is 23.4 Å². The first kappa shape index (κ1) is 22.5. The van der Waals surface area contributed by atoms with Crippen LogP contribution in [-0.2, 0) is 28.0 Å². The van der Waals surface area contributed by atoms with Crippen molar-refractivity contribution in [3.8, 4) is 10.4 Å². The molecule has 6 nitrogen and oxygen atoms in total. The second-order valence-electron chi connectivity index (χ2n) is 6.78. The maximum Gasteiger partial charge on any atom is 0.303 e. The first-order valence-electron chi connectivity index (χ1n) is 9.24. The minimum Gasteiger partial charge on any atom is -0.481 e. The van der Waals surface area contributed by atoms with E-state index in [9.17, 15) is 18.3 Å². The minimum absolute atomic E-state index is 0.00505. The highest BCUT2D eigenvalue weighted by Crippen LogP contribution is 2.30. The highest BCUT2D eigenvalue weighted by molar-refractivity contribution is 7.88. The Hall–Kier alpha value is -1.74. The maximum absolute atomic E-state index is 12.1. The summed E-state index contributed by atoms with van der Waals surface area (Å²) in [6.07, 6.45) is 4.29. The Morgan fingerprint density at radius 3 is 2.36 bits per heavy atom. The van der Waals surface area contributed by atoms with Gasteiger partial charge in [-0.25, -0.2) is 8.42 Å². The highest BCUT2D eigenvalue weighted by Gasteiger charge is 2.17. The molecule has 0 aliphatic rings. The van der Waals surface area contributed by atoms with Crippen LogP contribution in [0.2, 0.25) is 0 Å². The van der Waals surface area contributed by atoms with Crippen molar-refractivity contribution >= 4 is 27.3 Å². The van der Waals surface area contributed by atoms with Crippen molar-refractivity contribution in [3.63, 3.8) is 0 Å². The summed E-state index contributed by atoms with van der Waals surface area (Å²) in [5.74, 6) is -0.796. The van der Waals surface area contributed by atoms with Gasteiger partial charge in [0.15, 0.2) is 0 Å². The van der Waals surface area contributed by atoms with Crippen LogP contribution in [0.3, 0.4) is 0 Å². The van der Waals surface area contributed by atoms with Crippen LogP contribution >= 0.6 is 11.3 Å². The molecule has 1 aromatic carbocycles. The number of sulfonamides is 1. The van der Waals surface area contributed by atoms with Gasteiger partial charge in [-0.3, -0.25) is 4.79 Å². The molecule has 0 fully saturated rings. The molecule has 1 aromatic heterocycles. The Morgan fingerprint density at radius 2 is 1.75 bits per heavy atom. The second kappa shape index (κ2) is 10.7. The number of hydrogen-bond acceptors (Lipinski definition) is 5. The number of aliphatic hydroxyl groups excluding tert-OH is 1. The molecule has 0 saturated carbocycles. The van der Waals surface area contributed by atoms with Crippen molar-refractivity contribution in [2.45, 2.75) is 45.3 Å². The van der Waals surface area contributed by atoms with E-state index >= 15 is 0 Å². The van der Waals surface area contributed by atoms with Gasteiger partial charge in [0, 0.05) is 24.4 Å². The zero-order valence-corrected chi connectivity index (χ0v) is 17.6. The third kappa shape index (κ3) is 7.01. The molecule has 0 saturated heterocycles. The number of nitrogens with zero attached hydrogens (tertiary/aromatic N) is 1. The van der Waals surface area contributed by atoms with Gasteiger partial charge in [0.2, 0.25) is 10.0 Å². The van der Waals surface area contributed by atoms with E-state index in [1.54, 1.807) is 11.3 Å². The number of hydrogen-bond donors (Lipinski definition) is 2. The fourth-order valence-electron chi connectivity index (χ4n) is 2.96. The van der Waals surface area contributed by atoms with Crippen molar-refractivity contribution in [1.29, 1.82) is 0 Å². The monoisotopic (exact) mass is 425 g/mol. The molecule has 0 spiro atoms. The van der Waals surface area contributed by atoms with Gasteiger partial charge in [0.25, 0.3) is 0 Å². The van der Waals surface area contributed by atoms with Crippen molar-refractivity contribution in [2.24, 2.45) is 0 Å². The van der Waals surface area contributed by atoms with E-state index in [1.165, 1.54) is 10.6 Å². The number of carboxylic acid groups (broad SMARTS) is 1. The van der Waals surface area contributed by atoms with Gasteiger partial charge in [-0.1, -0.05) is 37.1 Å². The first-order valence-corrected chi connectivity index (χ1v) is 12.0. The van der Waals surface area contributed by atoms with Gasteiger partial charge < -0.3 is 10.2 Å². The Bertz CT molecular complexity index is 859. The van der Waals surface area contributed by atoms with E-state index in [0.29, 0.717) is 25.9 Å². The van der Waals surface area contributed by atoms with Gasteiger partial charge in [0.1, 0.15) is 0 Å². The molecule has 2 rings (SSSR count). The summed E-state index contributed by atoms with van der Waals surface area (Å²) < 4.78 is 25.7. The van der Waals surface area contributed by atoms with Crippen LogP contribution in [0.15, 0.2) is 35.7 Å². The Balaban J connectivity index is 1.94. The van der Waals surface area contributed by atoms with Crippen LogP contribution in [-0.4, -0.2) is 41.7 Å². The quantitative estimate of drug-likeness (QED) is 0.506. The van der Waals surface area contributed by atoms with Gasteiger partial charge in [0.05, 0.1) is 12.9 Å². The number of carboxylic acids is 1. The number of carbonyl (C=O) groups is 1. The largest absolute Gasteiger partial charge is 0.481 e. The van der Waals surface area contributed by atoms with Crippen LogP contribution in [0.4, 0.5) is 0 Å². The van der Waals surface area contributed by atoms with E-state index < -0.39 is 16.0 Å². The fraction of sp³-hybridized carbons (Fsp3) is 0.450. The molecule has 2 aromatic rings. The molecule has 0 bridgehead atoms. The SMILES string of the molecule is CS(=O)(=O)N(CCCCCCC(=O)O)Cc1ccc(-c2sccc2CO)cc1. The van der Waals surface area contributed by atoms with E-state index in [2.05, 4.69) is 0 Å². The molecule has 0 atom stereocenters. The number of aliphatic carboxylic acids is 1. The number of thiophene rings is 1. The molecule has 0 aliphatic carbocycles. The third-order valence-electron chi connectivity index (χ3n) is 4.51. The summed E-state index contributed by atoms with van der Waals surface area (Å²) in [6, 6.07) is 9.64. The molecule has 28 heavy (non-hydrogen) atoms. The van der Waals surface area contributed by atoms with E-state index in [0.717, 1.165) is 34.4 Å². The summed E-state index contributed by atoms with van der Waals surface area (Å²) in [7, 11) is -3.33. The predicted octanol–water partition coefficient (Wildman–Crippen LogP) is 3.70. The lowest BCUT2D eigenvalue weighted by atomic mass is 10.1. The second-order valence-corrected chi connectivity index (χ2v) is 9.68. The fourth-order valence-corrected chi connectivity index (χ4v) is 4.73. The van der Waals surface area contributed by atoms with Crippen LogP contribution in [0.25, 0.3) is 10.4 Å². The Morgan fingerprint density at radius 1 is 1.07 bits per heavy atom. The predicted molar refractivity (Wildman–Crippen MR) is 112 cm³/mol. The van der Waals surface area contributed by atoms with Gasteiger partial charge in [-0.05, 0) is 41.0 Å². The summed E-state index contributed by atoms with van der Waals surface area (Å²) in [5.41, 5.74) is 2.80. The Kier molecular flexibility index (Phi) is 8.62. The van der Waals surface area contributed by atoms with E-state index in [-0.39, 0.29) is 13.0 Å². The number of aliphatic hydroxyl groups is 1. The molecular formula is C20H27NO5S2. The normalized spacial score (nSPS) is 11.8. The van der Waals surface area contributed by atoms with Gasteiger partial charge in [-0.15, -0.1) is 11.3 Å². The summed E-state index contributed by atoms with van der Waals surface area (Å²) in [6.45, 7) is 0.730. The average Bonchev–Trinajstić information content (AvgIpc) is 3.11. The molecular weight excluding hydrogens is 398 g/mol. The number of benzene rings is 1. The number of rotatable bonds is 12. The molecule has 154 valence electrons. The summed E-state index contributed by atoms with van der Waals surface area (Å²) >= 11 is 1.57. The smallest absolute Gasteiger partial charge is 0.303 e. The zero-order valence-electron chi connectivity index (χ0n) is 16.0. The molecule has 0 radical (unpaired) electrons. The van der Waals surface area contributed by atoms with Crippen LogP contribution in [0, 0.1) is 0 Å². The van der Waals surface area contributed by atoms with Crippen LogP contribution < -0.4 is 0 Å². The molecule has 0 aliphatic heterocycles. The lowest BCUT2D eigenvalue weighted by molar-refractivity contribution is -0.137. The maximum atomic E-state index is 12.1. The number of unbranched alkanes of at least 4 members (excludes halogenated alkanes) is 3. The first-order chi connectivity index (χ1) is 13.3. The summed E-state index contributed by atoms with van der Waals surface area (Å²) in [5, 5.41) is 20.0. The van der Waals surface area contributed by atoms with E-state index in [1.807, 2.05) is 35.7 Å². The van der Waals surface area contributed by atoms with Crippen molar-refractivity contribution in [1.82, 2.24) is 4.31 Å². The minimum atomic E-state index is -3.33. The van der Waals surface area contributed by atoms with E-state index in [4.69, 9.17) is 5.11 Å². The zero-order chi connectivity index (χ0) is 20.6. The van der Waals surface area contributed by atoms with Crippen molar-refractivity contribution in [2.75, 3.05) is 12.8 Å². The van der Waals surface area contributed by atoms with Gasteiger partial charge in [-0.2, -0.15) is 4.31 Å². The van der Waals surface area contributed by atoms with Gasteiger partial charge >= 0.3 is 5.97 Å². The topological polar surface area (TPSA) is 94.9 Å². The third-order valence-corrected chi connectivity index (χ3v) is 6.76. The highest BCUT2D eigenvalue weighted by atomic mass is 32.2. The van der Waals surface area contributed by atoms with Crippen LogP contribution in [0.5, 0.6) is 0 Å². The lowest BCUT2D eigenvalue weighted by Gasteiger charge is -2.20. The average molecular weight is 426 g/mol. The molecule has 0 amide bonds. The Labute approximate surface area is 170 Å². The molecule has 2 N–H and O–H groups in total. The molecule has 0 unspecified atom stereocenters. The van der Waals surface area contributed by atoms with Crippen LogP contribution in [0.1, 0.15) is 43.2 Å². The standard InChI is InChI=1S/C20H27NO5S2/c1-28(25,26)21(12-5-3-2-4-6-19(23)24)14-16-7-9-17(10-8-16)20-18(15-22)11-13-27-20/h7-11,13,22H,2-6,12,14-15H2,1H3,(H,23,24).